The molecule has 0 fully saturated rings. The lowest BCUT2D eigenvalue weighted by molar-refractivity contribution is 1.06. The Hall–Kier alpha value is -5.93. The van der Waals surface area contributed by atoms with Crippen molar-refractivity contribution in [1.29, 1.82) is 0 Å². The zero-order valence-electron chi connectivity index (χ0n) is 27.8. The third-order valence-corrected chi connectivity index (χ3v) is 8.70. The van der Waals surface area contributed by atoms with Crippen LogP contribution < -0.4 is 0 Å². The van der Waals surface area contributed by atoms with E-state index in [0.29, 0.717) is 0 Å². The van der Waals surface area contributed by atoms with Crippen LogP contribution in [0, 0.1) is 20.8 Å². The first-order valence-corrected chi connectivity index (χ1v) is 16.4. The quantitative estimate of drug-likeness (QED) is 0.178. The van der Waals surface area contributed by atoms with Crippen LogP contribution in [0.4, 0.5) is 0 Å². The Bertz CT molecular complexity index is 2190. The number of aryl methyl sites for hydroxylation is 2. The lowest BCUT2D eigenvalue weighted by atomic mass is 9.89. The molecule has 0 aliphatic rings. The van der Waals surface area contributed by atoms with E-state index < -0.39 is 0 Å². The molecule has 0 aliphatic heterocycles. The lowest BCUT2D eigenvalue weighted by Gasteiger charge is -2.16. The molecule has 3 nitrogen and oxygen atoms in total. The van der Waals surface area contributed by atoms with Crippen LogP contribution in [-0.2, 0) is 0 Å². The molecule has 0 atom stereocenters. The fourth-order valence-electron chi connectivity index (χ4n) is 6.35. The van der Waals surface area contributed by atoms with Crippen LogP contribution in [0.1, 0.15) is 29.4 Å². The largest absolute Gasteiger partial charge is 0.248 e. The van der Waals surface area contributed by atoms with Crippen LogP contribution in [0.3, 0.4) is 0 Å². The number of benzene rings is 5. The second-order valence-corrected chi connectivity index (χ2v) is 12.2. The van der Waals surface area contributed by atoms with Crippen molar-refractivity contribution in [2.24, 2.45) is 0 Å². The van der Waals surface area contributed by atoms with E-state index in [1.54, 1.807) is 0 Å². The highest BCUT2D eigenvalue weighted by molar-refractivity contribution is 5.86. The smallest absolute Gasteiger partial charge is 0.159 e. The highest BCUT2D eigenvalue weighted by atomic mass is 14.9. The van der Waals surface area contributed by atoms with Crippen LogP contribution in [0.5, 0.6) is 0 Å². The van der Waals surface area contributed by atoms with Gasteiger partial charge in [0.2, 0.25) is 0 Å². The summed E-state index contributed by atoms with van der Waals surface area (Å²) in [6, 6.07) is 49.4. The van der Waals surface area contributed by atoms with Gasteiger partial charge in [-0.2, -0.15) is 0 Å². The van der Waals surface area contributed by atoms with E-state index >= 15 is 0 Å². The number of hydrogen-bond donors (Lipinski definition) is 0. The zero-order chi connectivity index (χ0) is 33.0. The maximum absolute atomic E-state index is 5.14. The third-order valence-electron chi connectivity index (χ3n) is 8.70. The predicted octanol–water partition coefficient (Wildman–Crippen LogP) is 11.8. The number of pyridine rings is 1. The topological polar surface area (TPSA) is 38.7 Å². The Labute approximate surface area is 283 Å². The van der Waals surface area contributed by atoms with Crippen molar-refractivity contribution < 1.29 is 0 Å². The average molecular weight is 620 g/mol. The zero-order valence-corrected chi connectivity index (χ0v) is 27.8. The summed E-state index contributed by atoms with van der Waals surface area (Å²) in [7, 11) is 0. The molecule has 7 rings (SSSR count). The summed E-state index contributed by atoms with van der Waals surface area (Å²) in [6.45, 7) is 8.31. The maximum atomic E-state index is 5.14. The molecule has 2 heterocycles. The van der Waals surface area contributed by atoms with Gasteiger partial charge in [0.25, 0.3) is 0 Å². The van der Waals surface area contributed by atoms with E-state index in [1.165, 1.54) is 22.3 Å². The fraction of sp³-hybridized carbons (Fsp3) is 0.0889. The molecule has 232 valence electrons. The van der Waals surface area contributed by atoms with Gasteiger partial charge in [0.1, 0.15) is 0 Å². The highest BCUT2D eigenvalue weighted by Crippen LogP contribution is 2.38. The Morgan fingerprint density at radius 2 is 0.917 bits per heavy atom. The van der Waals surface area contributed by atoms with Crippen LogP contribution in [0.15, 0.2) is 146 Å². The molecular weight excluding hydrogens is 583 g/mol. The molecule has 0 saturated heterocycles. The van der Waals surface area contributed by atoms with Gasteiger partial charge in [-0.05, 0) is 115 Å². The second kappa shape index (κ2) is 13.4. The summed E-state index contributed by atoms with van der Waals surface area (Å²) < 4.78 is 0. The van der Waals surface area contributed by atoms with Gasteiger partial charge in [0, 0.05) is 28.1 Å². The number of aromatic nitrogens is 3. The molecule has 7 aromatic rings. The standard InChI is InChI=1S/C45H37N3/c1-5-14-33-19-13-22-42(32(33)4)41-26-38(36-20-12-21-37(24-36)45-46-30(2)23-31(3)47-45)25-39(27-41)40-28-43(34-15-8-6-9-16-34)48-44(29-40)35-17-10-7-11-18-35/h5-29H,1-4H3/b14-5-. The van der Waals surface area contributed by atoms with E-state index in [2.05, 4.69) is 147 Å². The molecule has 2 aromatic heterocycles. The van der Waals surface area contributed by atoms with Gasteiger partial charge in [0.15, 0.2) is 5.82 Å². The van der Waals surface area contributed by atoms with Crippen molar-refractivity contribution in [2.75, 3.05) is 0 Å². The van der Waals surface area contributed by atoms with E-state index in [0.717, 1.165) is 67.5 Å². The minimum absolute atomic E-state index is 0.745. The second-order valence-electron chi connectivity index (χ2n) is 12.2. The van der Waals surface area contributed by atoms with Gasteiger partial charge in [-0.3, -0.25) is 0 Å². The van der Waals surface area contributed by atoms with Gasteiger partial charge in [-0.15, -0.1) is 0 Å². The first kappa shape index (κ1) is 30.7. The average Bonchev–Trinajstić information content (AvgIpc) is 3.12. The number of rotatable bonds is 7. The summed E-state index contributed by atoms with van der Waals surface area (Å²) in [6.07, 6.45) is 4.28. The molecule has 3 heteroatoms. The van der Waals surface area contributed by atoms with Crippen molar-refractivity contribution in [2.45, 2.75) is 27.7 Å². The van der Waals surface area contributed by atoms with E-state index in [-0.39, 0.29) is 0 Å². The maximum Gasteiger partial charge on any atom is 0.159 e. The van der Waals surface area contributed by atoms with Crippen LogP contribution in [0.2, 0.25) is 0 Å². The Balaban J connectivity index is 1.46. The molecule has 0 bridgehead atoms. The van der Waals surface area contributed by atoms with Gasteiger partial charge >= 0.3 is 0 Å². The minimum atomic E-state index is 0.745. The van der Waals surface area contributed by atoms with Gasteiger partial charge in [-0.25, -0.2) is 15.0 Å². The molecular formula is C45H37N3. The molecule has 0 radical (unpaired) electrons. The van der Waals surface area contributed by atoms with Crippen molar-refractivity contribution in [3.8, 4) is 67.3 Å². The normalized spacial score (nSPS) is 11.2. The Kier molecular flexibility index (Phi) is 8.59. The summed E-state index contributed by atoms with van der Waals surface area (Å²) in [5, 5.41) is 0. The van der Waals surface area contributed by atoms with Gasteiger partial charge < -0.3 is 0 Å². The summed E-state index contributed by atoms with van der Waals surface area (Å²) in [4.78, 5) is 14.7. The highest BCUT2D eigenvalue weighted by Gasteiger charge is 2.14. The predicted molar refractivity (Wildman–Crippen MR) is 201 cm³/mol. The molecule has 0 saturated carbocycles. The number of allylic oxidation sites excluding steroid dienone is 1. The molecule has 0 amide bonds. The first-order valence-electron chi connectivity index (χ1n) is 16.4. The molecule has 0 N–H and O–H groups in total. The van der Waals surface area contributed by atoms with Crippen LogP contribution in [0.25, 0.3) is 73.4 Å². The third kappa shape index (κ3) is 6.49. The van der Waals surface area contributed by atoms with Crippen molar-refractivity contribution in [1.82, 2.24) is 15.0 Å². The van der Waals surface area contributed by atoms with E-state index in [4.69, 9.17) is 15.0 Å². The van der Waals surface area contributed by atoms with Crippen LogP contribution >= 0.6 is 0 Å². The van der Waals surface area contributed by atoms with Gasteiger partial charge in [-0.1, -0.05) is 109 Å². The van der Waals surface area contributed by atoms with Gasteiger partial charge in [0.05, 0.1) is 11.4 Å². The Morgan fingerprint density at radius 3 is 1.54 bits per heavy atom. The summed E-state index contributed by atoms with van der Waals surface area (Å²) in [5.74, 6) is 0.745. The van der Waals surface area contributed by atoms with Crippen molar-refractivity contribution in [3.05, 3.63) is 168 Å². The van der Waals surface area contributed by atoms with E-state index in [1.807, 2.05) is 32.0 Å². The molecule has 0 unspecified atom stereocenters. The number of nitrogens with zero attached hydrogens (tertiary/aromatic N) is 3. The van der Waals surface area contributed by atoms with Crippen molar-refractivity contribution >= 4 is 6.08 Å². The fourth-order valence-corrected chi connectivity index (χ4v) is 6.35. The molecule has 48 heavy (non-hydrogen) atoms. The summed E-state index contributed by atoms with van der Waals surface area (Å²) in [5.41, 5.74) is 16.3. The van der Waals surface area contributed by atoms with Crippen molar-refractivity contribution in [3.63, 3.8) is 0 Å². The molecule has 5 aromatic carbocycles. The first-order chi connectivity index (χ1) is 23.4. The SMILES string of the molecule is C/C=C\c1cccc(-c2cc(-c3cccc(-c4nc(C)cc(C)n4)c3)cc(-c3cc(-c4ccccc4)nc(-c4ccccc4)c3)c2)c1C. The summed E-state index contributed by atoms with van der Waals surface area (Å²) >= 11 is 0. The van der Waals surface area contributed by atoms with Crippen LogP contribution in [-0.4, -0.2) is 15.0 Å². The number of hydrogen-bond acceptors (Lipinski definition) is 3. The minimum Gasteiger partial charge on any atom is -0.248 e. The Morgan fingerprint density at radius 1 is 0.417 bits per heavy atom. The van der Waals surface area contributed by atoms with E-state index in [9.17, 15) is 0 Å². The molecule has 0 spiro atoms. The lowest BCUT2D eigenvalue weighted by Crippen LogP contribution is -1.95. The monoisotopic (exact) mass is 619 g/mol. The molecule has 0 aliphatic carbocycles.